The standard InChI is InChI=1S/C17H12F3NO2/c18-17(19,20)13-3-1-2-11(8-13)4-5-12-6-7-15-14(9-12)21-16(22)10-23-15/h1-9H,10H2,(H,21,22)/b5-4+. The number of hydrogen-bond acceptors (Lipinski definition) is 2. The predicted molar refractivity (Wildman–Crippen MR) is 80.9 cm³/mol. The Morgan fingerprint density at radius 1 is 1.04 bits per heavy atom. The van der Waals surface area contributed by atoms with E-state index in [1.165, 1.54) is 6.07 Å². The minimum absolute atomic E-state index is 0.0214. The molecular weight excluding hydrogens is 307 g/mol. The number of halogens is 3. The lowest BCUT2D eigenvalue weighted by atomic mass is 10.1. The molecule has 6 heteroatoms. The van der Waals surface area contributed by atoms with Crippen molar-refractivity contribution in [3.63, 3.8) is 0 Å². The van der Waals surface area contributed by atoms with Gasteiger partial charge in [-0.1, -0.05) is 30.4 Å². The van der Waals surface area contributed by atoms with Crippen molar-refractivity contribution in [2.75, 3.05) is 11.9 Å². The highest BCUT2D eigenvalue weighted by Gasteiger charge is 2.30. The first kappa shape index (κ1) is 15.1. The Bertz CT molecular complexity index is 782. The van der Waals surface area contributed by atoms with E-state index in [0.717, 1.165) is 17.7 Å². The molecule has 0 fully saturated rings. The van der Waals surface area contributed by atoms with Crippen LogP contribution in [0.1, 0.15) is 16.7 Å². The summed E-state index contributed by atoms with van der Waals surface area (Å²) in [6.45, 7) is -0.0214. The van der Waals surface area contributed by atoms with Gasteiger partial charge in [-0.3, -0.25) is 4.79 Å². The summed E-state index contributed by atoms with van der Waals surface area (Å²) in [4.78, 5) is 11.3. The van der Waals surface area contributed by atoms with E-state index in [1.807, 2.05) is 0 Å². The Morgan fingerprint density at radius 3 is 2.52 bits per heavy atom. The molecule has 0 spiro atoms. The van der Waals surface area contributed by atoms with Crippen LogP contribution in [0, 0.1) is 0 Å². The molecule has 2 aromatic carbocycles. The van der Waals surface area contributed by atoms with Crippen LogP contribution in [0.4, 0.5) is 18.9 Å². The Labute approximate surface area is 130 Å². The minimum Gasteiger partial charge on any atom is -0.482 e. The first-order chi connectivity index (χ1) is 10.9. The van der Waals surface area contributed by atoms with Crippen LogP contribution in [-0.4, -0.2) is 12.5 Å². The number of fused-ring (bicyclic) bond motifs is 1. The highest BCUT2D eigenvalue weighted by atomic mass is 19.4. The van der Waals surface area contributed by atoms with E-state index in [-0.39, 0.29) is 12.5 Å². The van der Waals surface area contributed by atoms with Crippen LogP contribution in [0.15, 0.2) is 42.5 Å². The van der Waals surface area contributed by atoms with Gasteiger partial charge in [0.25, 0.3) is 5.91 Å². The smallest absolute Gasteiger partial charge is 0.416 e. The number of hydrogen-bond donors (Lipinski definition) is 1. The van der Waals surface area contributed by atoms with Crippen LogP contribution in [0.5, 0.6) is 5.75 Å². The maximum Gasteiger partial charge on any atom is 0.416 e. The van der Waals surface area contributed by atoms with E-state index in [2.05, 4.69) is 5.32 Å². The number of rotatable bonds is 2. The van der Waals surface area contributed by atoms with E-state index < -0.39 is 11.7 Å². The average Bonchev–Trinajstić information content (AvgIpc) is 2.52. The molecule has 0 aromatic heterocycles. The summed E-state index contributed by atoms with van der Waals surface area (Å²) < 4.78 is 43.3. The Morgan fingerprint density at radius 2 is 1.78 bits per heavy atom. The van der Waals surface area contributed by atoms with Gasteiger partial charge in [-0.15, -0.1) is 0 Å². The Hall–Kier alpha value is -2.76. The predicted octanol–water partition coefficient (Wildman–Crippen LogP) is 4.21. The molecule has 0 aliphatic carbocycles. The van der Waals surface area contributed by atoms with Gasteiger partial charge in [0.1, 0.15) is 5.75 Å². The van der Waals surface area contributed by atoms with E-state index in [1.54, 1.807) is 36.4 Å². The molecule has 1 amide bonds. The minimum atomic E-state index is -4.36. The first-order valence-corrected chi connectivity index (χ1v) is 6.84. The van der Waals surface area contributed by atoms with Crippen molar-refractivity contribution in [1.29, 1.82) is 0 Å². The molecule has 0 bridgehead atoms. The summed E-state index contributed by atoms with van der Waals surface area (Å²) in [5, 5.41) is 2.68. The van der Waals surface area contributed by atoms with Crippen LogP contribution < -0.4 is 10.1 Å². The van der Waals surface area contributed by atoms with E-state index >= 15 is 0 Å². The molecule has 3 rings (SSSR count). The van der Waals surface area contributed by atoms with Gasteiger partial charge in [0.2, 0.25) is 0 Å². The van der Waals surface area contributed by atoms with Gasteiger partial charge in [0.05, 0.1) is 11.3 Å². The second-order valence-electron chi connectivity index (χ2n) is 5.05. The normalized spacial score (nSPS) is 14.3. The van der Waals surface area contributed by atoms with E-state index in [4.69, 9.17) is 4.74 Å². The number of ether oxygens (including phenoxy) is 1. The zero-order valence-electron chi connectivity index (χ0n) is 11.9. The lowest BCUT2D eigenvalue weighted by Crippen LogP contribution is -2.25. The number of carbonyl (C=O) groups excluding carboxylic acids is 1. The van der Waals surface area contributed by atoms with Crippen molar-refractivity contribution >= 4 is 23.7 Å². The molecule has 0 saturated carbocycles. The molecule has 118 valence electrons. The van der Waals surface area contributed by atoms with E-state index in [9.17, 15) is 18.0 Å². The Balaban J connectivity index is 1.83. The van der Waals surface area contributed by atoms with Crippen LogP contribution in [0.2, 0.25) is 0 Å². The molecule has 0 saturated heterocycles. The van der Waals surface area contributed by atoms with Gasteiger partial charge >= 0.3 is 6.18 Å². The third kappa shape index (κ3) is 3.53. The molecule has 0 atom stereocenters. The lowest BCUT2D eigenvalue weighted by molar-refractivity contribution is -0.137. The van der Waals surface area contributed by atoms with Crippen LogP contribution in [0.25, 0.3) is 12.2 Å². The molecule has 23 heavy (non-hydrogen) atoms. The summed E-state index contributed by atoms with van der Waals surface area (Å²) >= 11 is 0. The maximum absolute atomic E-state index is 12.7. The fraction of sp³-hybridized carbons (Fsp3) is 0.118. The van der Waals surface area contributed by atoms with Crippen LogP contribution >= 0.6 is 0 Å². The topological polar surface area (TPSA) is 38.3 Å². The first-order valence-electron chi connectivity index (χ1n) is 6.84. The molecular formula is C17H12F3NO2. The molecule has 0 unspecified atom stereocenters. The number of nitrogens with one attached hydrogen (secondary N) is 1. The average molecular weight is 319 g/mol. The number of carbonyl (C=O) groups is 1. The molecule has 1 heterocycles. The van der Waals surface area contributed by atoms with Crippen molar-refractivity contribution in [3.05, 3.63) is 59.2 Å². The number of benzene rings is 2. The monoisotopic (exact) mass is 319 g/mol. The van der Waals surface area contributed by atoms with Gasteiger partial charge in [-0.25, -0.2) is 0 Å². The fourth-order valence-electron chi connectivity index (χ4n) is 2.22. The zero-order valence-corrected chi connectivity index (χ0v) is 11.9. The SMILES string of the molecule is O=C1COc2ccc(/C=C/c3cccc(C(F)(F)F)c3)cc2N1. The summed E-state index contributed by atoms with van der Waals surface area (Å²) in [6.07, 6.45) is -1.10. The number of alkyl halides is 3. The molecule has 1 N–H and O–H groups in total. The molecule has 3 nitrogen and oxygen atoms in total. The van der Waals surface area contributed by atoms with Gasteiger partial charge in [-0.05, 0) is 35.4 Å². The van der Waals surface area contributed by atoms with Crippen LogP contribution in [-0.2, 0) is 11.0 Å². The second kappa shape index (κ2) is 5.79. The van der Waals surface area contributed by atoms with Gasteiger partial charge in [0.15, 0.2) is 6.61 Å². The third-order valence-corrected chi connectivity index (χ3v) is 3.32. The summed E-state index contributed by atoms with van der Waals surface area (Å²) in [5.74, 6) is 0.331. The highest BCUT2D eigenvalue weighted by Crippen LogP contribution is 2.31. The molecule has 2 aromatic rings. The molecule has 1 aliphatic heterocycles. The van der Waals surface area contributed by atoms with Crippen molar-refractivity contribution in [2.24, 2.45) is 0 Å². The zero-order chi connectivity index (χ0) is 16.4. The second-order valence-corrected chi connectivity index (χ2v) is 5.05. The van der Waals surface area contributed by atoms with E-state index in [0.29, 0.717) is 17.0 Å². The molecule has 1 aliphatic rings. The van der Waals surface area contributed by atoms with Crippen molar-refractivity contribution < 1.29 is 22.7 Å². The third-order valence-electron chi connectivity index (χ3n) is 3.32. The summed E-state index contributed by atoms with van der Waals surface area (Å²) in [5.41, 5.74) is 1.04. The van der Waals surface area contributed by atoms with Gasteiger partial charge < -0.3 is 10.1 Å². The fourth-order valence-corrected chi connectivity index (χ4v) is 2.22. The summed E-state index contributed by atoms with van der Waals surface area (Å²) in [7, 11) is 0. The van der Waals surface area contributed by atoms with Crippen molar-refractivity contribution in [2.45, 2.75) is 6.18 Å². The Kier molecular flexibility index (Phi) is 3.82. The largest absolute Gasteiger partial charge is 0.482 e. The maximum atomic E-state index is 12.7. The van der Waals surface area contributed by atoms with Gasteiger partial charge in [-0.2, -0.15) is 13.2 Å². The number of anilines is 1. The van der Waals surface area contributed by atoms with Crippen molar-refractivity contribution in [1.82, 2.24) is 0 Å². The van der Waals surface area contributed by atoms with Gasteiger partial charge in [0, 0.05) is 0 Å². The number of amides is 1. The highest BCUT2D eigenvalue weighted by molar-refractivity contribution is 5.95. The quantitative estimate of drug-likeness (QED) is 0.842. The molecule has 0 radical (unpaired) electrons. The lowest BCUT2D eigenvalue weighted by Gasteiger charge is -2.17. The summed E-state index contributed by atoms with van der Waals surface area (Å²) in [6, 6.07) is 10.2. The van der Waals surface area contributed by atoms with Crippen LogP contribution in [0.3, 0.4) is 0 Å². The van der Waals surface area contributed by atoms with Crippen molar-refractivity contribution in [3.8, 4) is 5.75 Å².